The Hall–Kier alpha value is -2.02. The summed E-state index contributed by atoms with van der Waals surface area (Å²) in [6.45, 7) is 6.77. The molecule has 0 aromatic heterocycles. The number of fused-ring (bicyclic) bond motifs is 1. The number of ether oxygens (including phenoxy) is 1. The maximum Gasteiger partial charge on any atom is 0.119 e. The van der Waals surface area contributed by atoms with E-state index in [9.17, 15) is 0 Å². The molecule has 1 unspecified atom stereocenters. The second-order valence-corrected chi connectivity index (χ2v) is 7.14. The molecular formula is C24H30O. The fraction of sp³-hybridized carbons (Fsp3) is 0.417. The molecule has 0 saturated heterocycles. The quantitative estimate of drug-likeness (QED) is 0.409. The van der Waals surface area contributed by atoms with Gasteiger partial charge in [0.15, 0.2) is 0 Å². The molecule has 0 amide bonds. The molecule has 2 aromatic rings. The summed E-state index contributed by atoms with van der Waals surface area (Å²) in [7, 11) is 0. The van der Waals surface area contributed by atoms with Gasteiger partial charge >= 0.3 is 0 Å². The van der Waals surface area contributed by atoms with Crippen molar-refractivity contribution >= 4 is 0 Å². The van der Waals surface area contributed by atoms with Crippen molar-refractivity contribution in [2.45, 2.75) is 57.8 Å². The highest BCUT2D eigenvalue weighted by atomic mass is 16.5. The highest BCUT2D eigenvalue weighted by Gasteiger charge is 2.20. The summed E-state index contributed by atoms with van der Waals surface area (Å²) in [4.78, 5) is 0. The van der Waals surface area contributed by atoms with Gasteiger partial charge in [0, 0.05) is 0 Å². The van der Waals surface area contributed by atoms with Crippen molar-refractivity contribution in [1.29, 1.82) is 0 Å². The van der Waals surface area contributed by atoms with Crippen molar-refractivity contribution in [3.8, 4) is 5.75 Å². The third-order valence-corrected chi connectivity index (χ3v) is 5.22. The van der Waals surface area contributed by atoms with Gasteiger partial charge in [-0.25, -0.2) is 0 Å². The van der Waals surface area contributed by atoms with Gasteiger partial charge in [-0.2, -0.15) is 0 Å². The van der Waals surface area contributed by atoms with Gasteiger partial charge in [0.25, 0.3) is 0 Å². The van der Waals surface area contributed by atoms with Crippen molar-refractivity contribution in [1.82, 2.24) is 0 Å². The number of rotatable bonds is 8. The second kappa shape index (κ2) is 8.89. The minimum atomic E-state index is 0.655. The molecule has 1 atom stereocenters. The van der Waals surface area contributed by atoms with E-state index in [0.29, 0.717) is 5.92 Å². The average molecular weight is 335 g/mol. The summed E-state index contributed by atoms with van der Waals surface area (Å²) >= 11 is 0. The van der Waals surface area contributed by atoms with Crippen LogP contribution in [0.1, 0.15) is 60.8 Å². The first-order valence-electron chi connectivity index (χ1n) is 9.74. The predicted octanol–water partition coefficient (Wildman–Crippen LogP) is 6.26. The third kappa shape index (κ3) is 4.75. The summed E-state index contributed by atoms with van der Waals surface area (Å²) in [5.41, 5.74) is 5.92. The monoisotopic (exact) mass is 334 g/mol. The van der Waals surface area contributed by atoms with Crippen LogP contribution in [0.15, 0.2) is 55.1 Å². The molecule has 1 aliphatic carbocycles. The highest BCUT2D eigenvalue weighted by Crippen LogP contribution is 2.34. The topological polar surface area (TPSA) is 9.23 Å². The molecule has 3 rings (SSSR count). The minimum absolute atomic E-state index is 0.655. The number of benzene rings is 2. The fourth-order valence-electron chi connectivity index (χ4n) is 3.77. The Balaban J connectivity index is 1.62. The number of allylic oxidation sites excluding steroid dienone is 1. The summed E-state index contributed by atoms with van der Waals surface area (Å²) < 4.78 is 5.87. The molecule has 1 nitrogen and oxygen atoms in total. The molecule has 0 radical (unpaired) electrons. The lowest BCUT2D eigenvalue weighted by molar-refractivity contribution is 0.311. The van der Waals surface area contributed by atoms with Crippen LogP contribution < -0.4 is 4.74 Å². The third-order valence-electron chi connectivity index (χ3n) is 5.22. The molecule has 25 heavy (non-hydrogen) atoms. The average Bonchev–Trinajstić information content (AvgIpc) is 2.66. The van der Waals surface area contributed by atoms with Crippen molar-refractivity contribution < 1.29 is 4.74 Å². The van der Waals surface area contributed by atoms with Crippen LogP contribution in [0, 0.1) is 0 Å². The second-order valence-electron chi connectivity index (χ2n) is 7.14. The summed E-state index contributed by atoms with van der Waals surface area (Å²) in [5, 5.41) is 0. The normalized spacial score (nSPS) is 16.3. The SMILES string of the molecule is C=CCCCOc1ccc2c(c1)CCC(c1ccc(CCC)cc1)C2. The Kier molecular flexibility index (Phi) is 6.33. The van der Waals surface area contributed by atoms with Crippen LogP contribution in [0.2, 0.25) is 0 Å². The zero-order chi connectivity index (χ0) is 17.5. The number of aryl methyl sites for hydroxylation is 2. The number of unbranched alkanes of at least 4 members (excludes halogenated alkanes) is 1. The van der Waals surface area contributed by atoms with Gasteiger partial charge in [0.05, 0.1) is 6.61 Å². The lowest BCUT2D eigenvalue weighted by atomic mass is 9.80. The van der Waals surface area contributed by atoms with E-state index in [1.807, 2.05) is 6.08 Å². The van der Waals surface area contributed by atoms with Crippen LogP contribution in [-0.2, 0) is 19.3 Å². The molecule has 0 fully saturated rings. The highest BCUT2D eigenvalue weighted by molar-refractivity contribution is 5.40. The van der Waals surface area contributed by atoms with E-state index >= 15 is 0 Å². The molecule has 1 heteroatoms. The molecule has 0 heterocycles. The first-order chi connectivity index (χ1) is 12.3. The molecule has 0 spiro atoms. The Morgan fingerprint density at radius 3 is 2.72 bits per heavy atom. The Morgan fingerprint density at radius 1 is 1.12 bits per heavy atom. The van der Waals surface area contributed by atoms with E-state index in [1.165, 1.54) is 41.5 Å². The minimum Gasteiger partial charge on any atom is -0.494 e. The summed E-state index contributed by atoms with van der Waals surface area (Å²) in [6.07, 6.45) is 9.95. The summed E-state index contributed by atoms with van der Waals surface area (Å²) in [6, 6.07) is 16.0. The van der Waals surface area contributed by atoms with Crippen molar-refractivity contribution in [2.24, 2.45) is 0 Å². The predicted molar refractivity (Wildman–Crippen MR) is 107 cm³/mol. The molecule has 0 saturated carbocycles. The van der Waals surface area contributed by atoms with Gasteiger partial charge in [0.1, 0.15) is 5.75 Å². The van der Waals surface area contributed by atoms with Crippen LogP contribution in [0.5, 0.6) is 5.75 Å². The lowest BCUT2D eigenvalue weighted by Gasteiger charge is -2.25. The first kappa shape index (κ1) is 17.8. The largest absolute Gasteiger partial charge is 0.494 e. The molecule has 0 aliphatic heterocycles. The van der Waals surface area contributed by atoms with Crippen LogP contribution in [0.3, 0.4) is 0 Å². The van der Waals surface area contributed by atoms with Crippen LogP contribution in [-0.4, -0.2) is 6.61 Å². The van der Waals surface area contributed by atoms with Gasteiger partial charge in [-0.1, -0.05) is 49.8 Å². The van der Waals surface area contributed by atoms with Crippen molar-refractivity contribution in [2.75, 3.05) is 6.61 Å². The van der Waals surface area contributed by atoms with Crippen LogP contribution in [0.4, 0.5) is 0 Å². The van der Waals surface area contributed by atoms with E-state index in [-0.39, 0.29) is 0 Å². The molecular weight excluding hydrogens is 304 g/mol. The van der Waals surface area contributed by atoms with E-state index in [0.717, 1.165) is 38.0 Å². The van der Waals surface area contributed by atoms with Gasteiger partial charge in [-0.15, -0.1) is 6.58 Å². The Labute approximate surface area is 152 Å². The zero-order valence-electron chi connectivity index (χ0n) is 15.5. The Bertz CT molecular complexity index is 684. The smallest absolute Gasteiger partial charge is 0.119 e. The van der Waals surface area contributed by atoms with E-state index in [4.69, 9.17) is 4.74 Å². The van der Waals surface area contributed by atoms with Gasteiger partial charge in [-0.3, -0.25) is 0 Å². The van der Waals surface area contributed by atoms with Crippen LogP contribution in [0.25, 0.3) is 0 Å². The van der Waals surface area contributed by atoms with Crippen LogP contribution >= 0.6 is 0 Å². The number of hydrogen-bond acceptors (Lipinski definition) is 1. The van der Waals surface area contributed by atoms with Gasteiger partial charge in [-0.05, 0) is 78.8 Å². The molecule has 2 aromatic carbocycles. The van der Waals surface area contributed by atoms with E-state index in [1.54, 1.807) is 0 Å². The van der Waals surface area contributed by atoms with Gasteiger partial charge in [0.2, 0.25) is 0 Å². The summed E-state index contributed by atoms with van der Waals surface area (Å²) in [5.74, 6) is 1.67. The maximum atomic E-state index is 5.87. The Morgan fingerprint density at radius 2 is 1.96 bits per heavy atom. The van der Waals surface area contributed by atoms with Crippen molar-refractivity contribution in [3.05, 3.63) is 77.4 Å². The first-order valence-corrected chi connectivity index (χ1v) is 9.74. The number of hydrogen-bond donors (Lipinski definition) is 0. The van der Waals surface area contributed by atoms with Gasteiger partial charge < -0.3 is 4.74 Å². The molecule has 0 bridgehead atoms. The lowest BCUT2D eigenvalue weighted by Crippen LogP contribution is -2.13. The maximum absolute atomic E-state index is 5.87. The fourth-order valence-corrected chi connectivity index (χ4v) is 3.77. The zero-order valence-corrected chi connectivity index (χ0v) is 15.5. The molecule has 0 N–H and O–H groups in total. The standard InChI is InChI=1S/C24H30O/c1-3-5-6-16-25-24-15-14-22-17-21(12-13-23(22)18-24)20-10-8-19(7-4-2)9-11-20/h3,8-11,14-15,18,21H,1,4-7,12-13,16-17H2,2H3. The molecule has 132 valence electrons. The van der Waals surface area contributed by atoms with E-state index < -0.39 is 0 Å². The molecule has 1 aliphatic rings. The van der Waals surface area contributed by atoms with E-state index in [2.05, 4.69) is 56.0 Å². The van der Waals surface area contributed by atoms with Crippen molar-refractivity contribution in [3.63, 3.8) is 0 Å².